The first kappa shape index (κ1) is 17.7. The number of hydrogen-bond acceptors (Lipinski definition) is 3. The maximum Gasteiger partial charge on any atom is 0.416 e. The third kappa shape index (κ3) is 3.75. The third-order valence-corrected chi connectivity index (χ3v) is 6.45. The zero-order valence-electron chi connectivity index (χ0n) is 13.1. The van der Waals surface area contributed by atoms with E-state index in [0.29, 0.717) is 13.2 Å². The number of halogens is 3. The molecule has 1 aromatic carbocycles. The fraction of sp³-hybridized carbons (Fsp3) is 0.625. The summed E-state index contributed by atoms with van der Waals surface area (Å²) in [4.78, 5) is 0. The molecule has 1 unspecified atom stereocenters. The first-order valence-corrected chi connectivity index (χ1v) is 9.59. The second-order valence-corrected chi connectivity index (χ2v) is 8.39. The molecule has 24 heavy (non-hydrogen) atoms. The van der Waals surface area contributed by atoms with E-state index in [1.54, 1.807) is 0 Å². The molecular weight excluding hydrogens is 343 g/mol. The normalized spacial score (nSPS) is 23.9. The Morgan fingerprint density at radius 1 is 1.21 bits per heavy atom. The Kier molecular flexibility index (Phi) is 4.65. The lowest BCUT2D eigenvalue weighted by atomic mass is 9.60. The number of hydrogen-bond donors (Lipinski definition) is 1. The van der Waals surface area contributed by atoms with Gasteiger partial charge in [0.15, 0.2) is 0 Å². The highest BCUT2D eigenvalue weighted by Gasteiger charge is 2.48. The fourth-order valence-corrected chi connectivity index (χ4v) is 5.08. The summed E-state index contributed by atoms with van der Waals surface area (Å²) in [6.07, 6.45) is -1.10. The molecule has 1 aliphatic heterocycles. The van der Waals surface area contributed by atoms with Gasteiger partial charge in [0.05, 0.1) is 11.3 Å². The molecule has 3 rings (SSSR count). The predicted molar refractivity (Wildman–Crippen MR) is 82.7 cm³/mol. The van der Waals surface area contributed by atoms with E-state index < -0.39 is 27.5 Å². The van der Waals surface area contributed by atoms with E-state index in [0.717, 1.165) is 37.8 Å². The van der Waals surface area contributed by atoms with Crippen molar-refractivity contribution in [2.45, 2.75) is 43.7 Å². The fourth-order valence-electron chi connectivity index (χ4n) is 3.57. The maximum absolute atomic E-state index is 12.7. The van der Waals surface area contributed by atoms with Gasteiger partial charge >= 0.3 is 6.18 Å². The minimum atomic E-state index is -4.48. The molecule has 4 nitrogen and oxygen atoms in total. The topological polar surface area (TPSA) is 55.4 Å². The monoisotopic (exact) mass is 363 g/mol. The lowest BCUT2D eigenvalue weighted by Crippen LogP contribution is -2.57. The molecule has 1 aromatic rings. The van der Waals surface area contributed by atoms with Crippen LogP contribution in [-0.4, -0.2) is 27.7 Å². The Bertz CT molecular complexity index is 697. The summed E-state index contributed by atoms with van der Waals surface area (Å²) in [6, 6.07) is 4.32. The van der Waals surface area contributed by atoms with E-state index in [-0.39, 0.29) is 17.0 Å². The summed E-state index contributed by atoms with van der Waals surface area (Å²) in [7, 11) is -3.69. The van der Waals surface area contributed by atoms with Crippen molar-refractivity contribution in [3.05, 3.63) is 35.4 Å². The van der Waals surface area contributed by atoms with E-state index in [2.05, 4.69) is 4.72 Å². The van der Waals surface area contributed by atoms with Gasteiger partial charge in [-0.05, 0) is 42.7 Å². The van der Waals surface area contributed by atoms with Crippen LogP contribution in [0.5, 0.6) is 0 Å². The quantitative estimate of drug-likeness (QED) is 0.894. The zero-order valence-corrected chi connectivity index (χ0v) is 13.9. The van der Waals surface area contributed by atoms with Gasteiger partial charge in [0.25, 0.3) is 0 Å². The predicted octanol–water partition coefficient (Wildman–Crippen LogP) is 3.08. The van der Waals surface area contributed by atoms with Crippen LogP contribution in [0.25, 0.3) is 0 Å². The van der Waals surface area contributed by atoms with E-state index in [1.807, 2.05) is 0 Å². The number of alkyl halides is 3. The van der Waals surface area contributed by atoms with Crippen molar-refractivity contribution in [3.63, 3.8) is 0 Å². The Morgan fingerprint density at radius 3 is 2.50 bits per heavy atom. The standard InChI is InChI=1S/C16H20F3NO3S/c17-16(18,19)13-3-1-2-12(10-13)11-24(21,22)20-14-4-5-15(14)6-8-23-9-7-15/h1-3,10,14,20H,4-9,11H2. The summed E-state index contributed by atoms with van der Waals surface area (Å²) in [5, 5.41) is 0. The highest BCUT2D eigenvalue weighted by Crippen LogP contribution is 2.49. The molecule has 0 amide bonds. The molecule has 2 fully saturated rings. The molecule has 1 N–H and O–H groups in total. The number of nitrogens with one attached hydrogen (secondary N) is 1. The van der Waals surface area contributed by atoms with Crippen molar-refractivity contribution in [1.29, 1.82) is 0 Å². The lowest BCUT2D eigenvalue weighted by molar-refractivity contribution is -0.137. The Morgan fingerprint density at radius 2 is 1.92 bits per heavy atom. The lowest BCUT2D eigenvalue weighted by Gasteiger charge is -2.51. The average molecular weight is 363 g/mol. The number of sulfonamides is 1. The number of ether oxygens (including phenoxy) is 1. The van der Waals surface area contributed by atoms with Crippen molar-refractivity contribution < 1.29 is 26.3 Å². The van der Waals surface area contributed by atoms with Crippen LogP contribution in [0.15, 0.2) is 24.3 Å². The third-order valence-electron chi connectivity index (χ3n) is 5.09. The molecule has 1 heterocycles. The highest BCUT2D eigenvalue weighted by atomic mass is 32.2. The molecule has 2 aliphatic rings. The first-order valence-electron chi connectivity index (χ1n) is 7.94. The summed E-state index contributed by atoms with van der Waals surface area (Å²) >= 11 is 0. The molecule has 1 saturated carbocycles. The van der Waals surface area contributed by atoms with E-state index in [9.17, 15) is 21.6 Å². The molecule has 1 aliphatic carbocycles. The molecule has 1 spiro atoms. The molecule has 1 atom stereocenters. The summed E-state index contributed by atoms with van der Waals surface area (Å²) < 4.78 is 71.0. The maximum atomic E-state index is 12.7. The van der Waals surface area contributed by atoms with Crippen LogP contribution < -0.4 is 4.72 Å². The van der Waals surface area contributed by atoms with Gasteiger partial charge in [-0.15, -0.1) is 0 Å². The smallest absolute Gasteiger partial charge is 0.381 e. The van der Waals surface area contributed by atoms with Gasteiger partial charge in [-0.2, -0.15) is 13.2 Å². The van der Waals surface area contributed by atoms with E-state index in [4.69, 9.17) is 4.74 Å². The Balaban J connectivity index is 1.68. The van der Waals surface area contributed by atoms with Crippen LogP contribution in [0.3, 0.4) is 0 Å². The largest absolute Gasteiger partial charge is 0.416 e. The summed E-state index contributed by atoms with van der Waals surface area (Å²) in [6.45, 7) is 1.26. The minimum Gasteiger partial charge on any atom is -0.381 e. The average Bonchev–Trinajstić information content (AvgIpc) is 2.52. The van der Waals surface area contributed by atoms with Crippen molar-refractivity contribution in [3.8, 4) is 0 Å². The minimum absolute atomic E-state index is 0.0425. The van der Waals surface area contributed by atoms with E-state index >= 15 is 0 Å². The second-order valence-electron chi connectivity index (χ2n) is 6.64. The molecule has 8 heteroatoms. The molecular formula is C16H20F3NO3S. The Labute approximate surface area is 139 Å². The summed E-state index contributed by atoms with van der Waals surface area (Å²) in [5.41, 5.74) is -0.739. The van der Waals surface area contributed by atoms with Crippen molar-refractivity contribution in [2.24, 2.45) is 5.41 Å². The SMILES string of the molecule is O=S(=O)(Cc1cccc(C(F)(F)F)c1)NC1CCC12CCOCC2. The van der Waals surface area contributed by atoms with Gasteiger partial charge in [-0.1, -0.05) is 18.2 Å². The van der Waals surface area contributed by atoms with Gasteiger partial charge in [0.1, 0.15) is 0 Å². The molecule has 0 bridgehead atoms. The molecule has 1 saturated heterocycles. The molecule has 0 radical (unpaired) electrons. The van der Waals surface area contributed by atoms with Crippen LogP contribution in [0, 0.1) is 5.41 Å². The van der Waals surface area contributed by atoms with Crippen LogP contribution >= 0.6 is 0 Å². The second kappa shape index (κ2) is 6.31. The van der Waals surface area contributed by atoms with Crippen LogP contribution in [-0.2, 0) is 26.7 Å². The van der Waals surface area contributed by atoms with E-state index in [1.165, 1.54) is 12.1 Å². The van der Waals surface area contributed by atoms with Crippen molar-refractivity contribution in [1.82, 2.24) is 4.72 Å². The van der Waals surface area contributed by atoms with Gasteiger partial charge in [-0.3, -0.25) is 0 Å². The first-order chi connectivity index (χ1) is 11.2. The van der Waals surface area contributed by atoms with Gasteiger partial charge < -0.3 is 4.74 Å². The van der Waals surface area contributed by atoms with Gasteiger partial charge in [-0.25, -0.2) is 13.1 Å². The molecule has 0 aromatic heterocycles. The van der Waals surface area contributed by atoms with Crippen molar-refractivity contribution in [2.75, 3.05) is 13.2 Å². The van der Waals surface area contributed by atoms with Gasteiger partial charge in [0, 0.05) is 19.3 Å². The van der Waals surface area contributed by atoms with Crippen LogP contribution in [0.1, 0.15) is 36.8 Å². The summed E-state index contributed by atoms with van der Waals surface area (Å²) in [5.74, 6) is -0.444. The number of benzene rings is 1. The van der Waals surface area contributed by atoms with Crippen molar-refractivity contribution >= 4 is 10.0 Å². The Hall–Kier alpha value is -1.12. The highest BCUT2D eigenvalue weighted by molar-refractivity contribution is 7.88. The number of rotatable bonds is 4. The van der Waals surface area contributed by atoms with Crippen LogP contribution in [0.4, 0.5) is 13.2 Å². The van der Waals surface area contributed by atoms with Gasteiger partial charge in [0.2, 0.25) is 10.0 Å². The molecule has 134 valence electrons. The zero-order chi connectivity index (χ0) is 17.4. The van der Waals surface area contributed by atoms with Crippen LogP contribution in [0.2, 0.25) is 0 Å².